The summed E-state index contributed by atoms with van der Waals surface area (Å²) in [5.41, 5.74) is 5.00. The van der Waals surface area contributed by atoms with E-state index >= 15 is 0 Å². The third-order valence-corrected chi connectivity index (χ3v) is 7.73. The van der Waals surface area contributed by atoms with Crippen LogP contribution in [0.5, 0.6) is 0 Å². The Balaban J connectivity index is 1.44. The van der Waals surface area contributed by atoms with E-state index in [1.165, 1.54) is 55.7 Å². The van der Waals surface area contributed by atoms with Crippen molar-refractivity contribution >= 4 is 11.3 Å². The Hall–Kier alpha value is -1.32. The first-order valence-electron chi connectivity index (χ1n) is 11.2. The second kappa shape index (κ2) is 7.84. The molecule has 1 aromatic rings. The lowest BCUT2D eigenvalue weighted by atomic mass is 9.70. The molecule has 0 spiro atoms. The molecule has 1 aromatic carbocycles. The van der Waals surface area contributed by atoms with Crippen LogP contribution in [0.25, 0.3) is 5.57 Å². The number of hydrogen-bond donors (Lipinski definition) is 0. The zero-order valence-electron chi connectivity index (χ0n) is 18.3. The number of rotatable bonds is 4. The Bertz CT molecular complexity index is 707. The number of anilines is 1. The summed E-state index contributed by atoms with van der Waals surface area (Å²) in [4.78, 5) is 5.30. The molecule has 1 aliphatic carbocycles. The summed E-state index contributed by atoms with van der Waals surface area (Å²) in [5.74, 6) is 0.834. The average Bonchev–Trinajstić information content (AvgIpc) is 2.90. The van der Waals surface area contributed by atoms with Gasteiger partial charge in [0.2, 0.25) is 0 Å². The minimum Gasteiger partial charge on any atom is -0.381 e. The van der Waals surface area contributed by atoms with Crippen molar-refractivity contribution in [2.24, 2.45) is 16.7 Å². The maximum absolute atomic E-state index is 5.52. The minimum absolute atomic E-state index is 0.248. The summed E-state index contributed by atoms with van der Waals surface area (Å²) in [5, 5.41) is 0. The Morgan fingerprint density at radius 3 is 2.29 bits per heavy atom. The van der Waals surface area contributed by atoms with Crippen LogP contribution in [0.3, 0.4) is 0 Å². The lowest BCUT2D eigenvalue weighted by Gasteiger charge is -2.39. The Morgan fingerprint density at radius 1 is 0.964 bits per heavy atom. The fraction of sp³-hybridized carbons (Fsp3) is 0.680. The Labute approximate surface area is 171 Å². The molecule has 0 amide bonds. The van der Waals surface area contributed by atoms with Gasteiger partial charge in [0.1, 0.15) is 0 Å². The van der Waals surface area contributed by atoms with Crippen LogP contribution < -0.4 is 4.90 Å². The van der Waals surface area contributed by atoms with Crippen molar-refractivity contribution in [3.05, 3.63) is 35.9 Å². The topological polar surface area (TPSA) is 15.7 Å². The highest BCUT2D eigenvalue weighted by atomic mass is 16.5. The smallest absolute Gasteiger partial charge is 0.0469 e. The number of hydrogen-bond acceptors (Lipinski definition) is 3. The van der Waals surface area contributed by atoms with Crippen LogP contribution in [0, 0.1) is 16.7 Å². The number of piperazine rings is 1. The zero-order valence-corrected chi connectivity index (χ0v) is 18.3. The maximum atomic E-state index is 5.52. The molecule has 0 atom stereocenters. The van der Waals surface area contributed by atoms with Gasteiger partial charge in [-0.25, -0.2) is 0 Å². The summed E-state index contributed by atoms with van der Waals surface area (Å²) in [6.07, 6.45) is 6.18. The van der Waals surface area contributed by atoms with Crippen molar-refractivity contribution in [2.45, 2.75) is 47.0 Å². The molecule has 154 valence electrons. The van der Waals surface area contributed by atoms with E-state index in [-0.39, 0.29) is 5.41 Å². The highest BCUT2D eigenvalue weighted by Gasteiger charge is 2.41. The molecule has 2 aliphatic heterocycles. The predicted molar refractivity (Wildman–Crippen MR) is 119 cm³/mol. The molecular weight excluding hydrogens is 344 g/mol. The molecular formula is C25H38N2O. The number of allylic oxidation sites excluding steroid dienone is 2. The summed E-state index contributed by atoms with van der Waals surface area (Å²) < 4.78 is 5.52. The molecule has 4 rings (SSSR count). The van der Waals surface area contributed by atoms with Gasteiger partial charge in [-0.15, -0.1) is 0 Å². The van der Waals surface area contributed by atoms with Crippen LogP contribution in [-0.2, 0) is 4.74 Å². The molecule has 2 heterocycles. The third kappa shape index (κ3) is 4.02. The van der Waals surface area contributed by atoms with Gasteiger partial charge in [-0.05, 0) is 47.6 Å². The van der Waals surface area contributed by atoms with E-state index in [0.717, 1.165) is 32.2 Å². The van der Waals surface area contributed by atoms with Gasteiger partial charge in [0.25, 0.3) is 0 Å². The first-order valence-corrected chi connectivity index (χ1v) is 11.2. The SMILES string of the molecule is CC1(C)C=C(c2ccccc2N2CCN(CC3CCOCC3)CC2)CC1(C)C. The molecule has 2 saturated heterocycles. The lowest BCUT2D eigenvalue weighted by molar-refractivity contribution is 0.0517. The van der Waals surface area contributed by atoms with Crippen molar-refractivity contribution in [2.75, 3.05) is 50.8 Å². The van der Waals surface area contributed by atoms with Gasteiger partial charge in [-0.2, -0.15) is 0 Å². The van der Waals surface area contributed by atoms with Gasteiger partial charge in [0, 0.05) is 57.2 Å². The van der Waals surface area contributed by atoms with E-state index in [2.05, 4.69) is 67.8 Å². The van der Waals surface area contributed by atoms with E-state index < -0.39 is 0 Å². The molecule has 0 saturated carbocycles. The summed E-state index contributed by atoms with van der Waals surface area (Å²) in [6, 6.07) is 9.09. The standard InChI is InChI=1S/C25H38N2O/c1-24(2)17-21(18-25(24,3)4)22-7-5-6-8-23(22)27-13-11-26(12-14-27)19-20-9-15-28-16-10-20/h5-8,17,20H,9-16,18-19H2,1-4H3. The molecule has 0 bridgehead atoms. The number of benzene rings is 1. The van der Waals surface area contributed by atoms with Crippen LogP contribution in [0.1, 0.15) is 52.5 Å². The lowest BCUT2D eigenvalue weighted by Crippen LogP contribution is -2.48. The van der Waals surface area contributed by atoms with Crippen molar-refractivity contribution in [3.63, 3.8) is 0 Å². The van der Waals surface area contributed by atoms with Gasteiger partial charge in [0.05, 0.1) is 0 Å². The zero-order chi connectivity index (χ0) is 19.8. The summed E-state index contributed by atoms with van der Waals surface area (Å²) in [7, 11) is 0. The number of nitrogens with zero attached hydrogens (tertiary/aromatic N) is 2. The summed E-state index contributed by atoms with van der Waals surface area (Å²) >= 11 is 0. The van der Waals surface area contributed by atoms with Crippen LogP contribution in [0.4, 0.5) is 5.69 Å². The molecule has 0 radical (unpaired) electrons. The van der Waals surface area contributed by atoms with Gasteiger partial charge in [-0.3, -0.25) is 4.90 Å². The molecule has 2 fully saturated rings. The van der Waals surface area contributed by atoms with Gasteiger partial charge >= 0.3 is 0 Å². The van der Waals surface area contributed by atoms with E-state index in [1.54, 1.807) is 0 Å². The molecule has 3 heteroatoms. The highest BCUT2D eigenvalue weighted by molar-refractivity contribution is 5.79. The molecule has 0 unspecified atom stereocenters. The van der Waals surface area contributed by atoms with Crippen molar-refractivity contribution < 1.29 is 4.74 Å². The van der Waals surface area contributed by atoms with E-state index in [0.29, 0.717) is 5.41 Å². The minimum atomic E-state index is 0.248. The fourth-order valence-corrected chi connectivity index (χ4v) is 5.05. The quantitative estimate of drug-likeness (QED) is 0.723. The Morgan fingerprint density at radius 2 is 1.64 bits per heavy atom. The number of para-hydroxylation sites is 1. The van der Waals surface area contributed by atoms with Crippen LogP contribution >= 0.6 is 0 Å². The first-order chi connectivity index (χ1) is 13.4. The van der Waals surface area contributed by atoms with Crippen molar-refractivity contribution in [1.82, 2.24) is 4.90 Å². The monoisotopic (exact) mass is 382 g/mol. The third-order valence-electron chi connectivity index (χ3n) is 7.73. The van der Waals surface area contributed by atoms with E-state index in [9.17, 15) is 0 Å². The molecule has 0 N–H and O–H groups in total. The second-order valence-electron chi connectivity index (χ2n) is 10.3. The van der Waals surface area contributed by atoms with Gasteiger partial charge in [0.15, 0.2) is 0 Å². The Kier molecular flexibility index (Phi) is 5.59. The van der Waals surface area contributed by atoms with Crippen LogP contribution in [0.15, 0.2) is 30.3 Å². The molecule has 3 nitrogen and oxygen atoms in total. The maximum Gasteiger partial charge on any atom is 0.0469 e. The van der Waals surface area contributed by atoms with Gasteiger partial charge < -0.3 is 9.64 Å². The molecule has 3 aliphatic rings. The molecule has 28 heavy (non-hydrogen) atoms. The van der Waals surface area contributed by atoms with E-state index in [4.69, 9.17) is 4.74 Å². The second-order valence-corrected chi connectivity index (χ2v) is 10.3. The normalized spacial score (nSPS) is 25.7. The highest BCUT2D eigenvalue weighted by Crippen LogP contribution is 2.54. The largest absolute Gasteiger partial charge is 0.381 e. The van der Waals surface area contributed by atoms with E-state index in [1.807, 2.05) is 0 Å². The van der Waals surface area contributed by atoms with Gasteiger partial charge in [-0.1, -0.05) is 52.0 Å². The molecule has 0 aromatic heterocycles. The predicted octanol–water partition coefficient (Wildman–Crippen LogP) is 5.07. The first kappa shape index (κ1) is 20.0. The van der Waals surface area contributed by atoms with Crippen LogP contribution in [0.2, 0.25) is 0 Å². The average molecular weight is 383 g/mol. The fourth-order valence-electron chi connectivity index (χ4n) is 5.05. The number of ether oxygens (including phenoxy) is 1. The van der Waals surface area contributed by atoms with Crippen molar-refractivity contribution in [3.8, 4) is 0 Å². The van der Waals surface area contributed by atoms with Crippen LogP contribution in [-0.4, -0.2) is 50.8 Å². The van der Waals surface area contributed by atoms with Crippen molar-refractivity contribution in [1.29, 1.82) is 0 Å². The summed E-state index contributed by atoms with van der Waals surface area (Å²) in [6.45, 7) is 17.4.